The molecule has 6 heteroatoms. The lowest BCUT2D eigenvalue weighted by Gasteiger charge is -2.31. The predicted molar refractivity (Wildman–Crippen MR) is 76.6 cm³/mol. The van der Waals surface area contributed by atoms with Crippen LogP contribution in [0.3, 0.4) is 0 Å². The molecule has 0 spiro atoms. The van der Waals surface area contributed by atoms with Crippen molar-refractivity contribution in [2.75, 3.05) is 0 Å². The van der Waals surface area contributed by atoms with Crippen molar-refractivity contribution in [1.82, 2.24) is 10.2 Å². The normalized spacial score (nSPS) is 24.1. The lowest BCUT2D eigenvalue weighted by molar-refractivity contribution is -0.146. The average molecular weight is 296 g/mol. The van der Waals surface area contributed by atoms with Crippen LogP contribution in [0.25, 0.3) is 0 Å². The molecule has 1 saturated heterocycles. The molecule has 0 aromatic carbocycles. The number of hydrogen-bond acceptors (Lipinski definition) is 4. The van der Waals surface area contributed by atoms with E-state index in [2.05, 4.69) is 5.32 Å². The van der Waals surface area contributed by atoms with Crippen molar-refractivity contribution >= 4 is 17.8 Å². The summed E-state index contributed by atoms with van der Waals surface area (Å²) in [6.07, 6.45) is 4.65. The maximum absolute atomic E-state index is 12.5. The molecule has 1 saturated carbocycles. The van der Waals surface area contributed by atoms with Crippen LogP contribution in [0.5, 0.6) is 0 Å². The highest BCUT2D eigenvalue weighted by atomic mass is 16.4. The fourth-order valence-corrected chi connectivity index (χ4v) is 3.46. The molecule has 6 nitrogen and oxygen atoms in total. The van der Waals surface area contributed by atoms with Gasteiger partial charge in [0.1, 0.15) is 5.54 Å². The number of imide groups is 1. The molecule has 0 bridgehead atoms. The third-order valence-electron chi connectivity index (χ3n) is 4.94. The summed E-state index contributed by atoms with van der Waals surface area (Å²) in [4.78, 5) is 37.5. The number of nitrogens with zero attached hydrogens (tertiary/aromatic N) is 1. The molecule has 2 amide bonds. The van der Waals surface area contributed by atoms with Crippen LogP contribution in [-0.2, 0) is 14.4 Å². The monoisotopic (exact) mass is 296 g/mol. The number of nitrogens with one attached hydrogen (secondary N) is 1. The van der Waals surface area contributed by atoms with Gasteiger partial charge in [0, 0.05) is 6.04 Å². The zero-order valence-electron chi connectivity index (χ0n) is 12.7. The average Bonchev–Trinajstić information content (AvgIpc) is 3.05. The number of carbonyl (C=O) groups is 3. The zero-order chi connectivity index (χ0) is 15.6. The van der Waals surface area contributed by atoms with Gasteiger partial charge in [-0.2, -0.15) is 0 Å². The van der Waals surface area contributed by atoms with E-state index in [1.54, 1.807) is 13.8 Å². The van der Waals surface area contributed by atoms with E-state index in [9.17, 15) is 19.5 Å². The van der Waals surface area contributed by atoms with Gasteiger partial charge in [-0.15, -0.1) is 0 Å². The number of carboxylic acids is 1. The highest BCUT2D eigenvalue weighted by Gasteiger charge is 2.47. The molecule has 2 fully saturated rings. The Kier molecular flexibility index (Phi) is 4.66. The minimum absolute atomic E-state index is 0.0132. The standard InChI is InChI=1S/C15H24N2O4/c1-3-15(4-2,14(20)21)16-11-9-12(18)17(13(11)19)10-7-5-6-8-10/h10-11,16H,3-9H2,1-2H3,(H,20,21). The molecule has 1 heterocycles. The minimum Gasteiger partial charge on any atom is -0.480 e. The number of carboxylic acid groups (broad SMARTS) is 1. The topological polar surface area (TPSA) is 86.7 Å². The Morgan fingerprint density at radius 3 is 2.33 bits per heavy atom. The van der Waals surface area contributed by atoms with Crippen molar-refractivity contribution < 1.29 is 19.5 Å². The Bertz CT molecular complexity index is 439. The largest absolute Gasteiger partial charge is 0.480 e. The van der Waals surface area contributed by atoms with Crippen LogP contribution < -0.4 is 5.32 Å². The summed E-state index contributed by atoms with van der Waals surface area (Å²) in [7, 11) is 0. The molecule has 1 unspecified atom stereocenters. The molecule has 1 atom stereocenters. The van der Waals surface area contributed by atoms with Gasteiger partial charge in [-0.3, -0.25) is 24.6 Å². The molecule has 0 radical (unpaired) electrons. The first kappa shape index (κ1) is 15.9. The number of carbonyl (C=O) groups excluding carboxylic acids is 2. The van der Waals surface area contributed by atoms with Crippen molar-refractivity contribution in [1.29, 1.82) is 0 Å². The van der Waals surface area contributed by atoms with Crippen molar-refractivity contribution in [2.45, 2.75) is 76.4 Å². The SMILES string of the molecule is CCC(CC)(NC1CC(=O)N(C2CCCC2)C1=O)C(=O)O. The number of aliphatic carboxylic acids is 1. The summed E-state index contributed by atoms with van der Waals surface area (Å²) >= 11 is 0. The second-order valence-electron chi connectivity index (χ2n) is 6.04. The maximum atomic E-state index is 12.5. The van der Waals surface area contributed by atoms with Crippen LogP contribution in [0.4, 0.5) is 0 Å². The number of amides is 2. The van der Waals surface area contributed by atoms with Gasteiger partial charge in [0.05, 0.1) is 12.5 Å². The molecule has 21 heavy (non-hydrogen) atoms. The summed E-state index contributed by atoms with van der Waals surface area (Å²) in [5.74, 6) is -1.39. The number of likely N-dealkylation sites (tertiary alicyclic amines) is 1. The van der Waals surface area contributed by atoms with E-state index < -0.39 is 17.6 Å². The fraction of sp³-hybridized carbons (Fsp3) is 0.800. The fourth-order valence-electron chi connectivity index (χ4n) is 3.46. The Morgan fingerprint density at radius 1 is 1.29 bits per heavy atom. The van der Waals surface area contributed by atoms with E-state index in [1.165, 1.54) is 4.90 Å². The van der Waals surface area contributed by atoms with Crippen molar-refractivity contribution in [3.8, 4) is 0 Å². The Morgan fingerprint density at radius 2 is 1.86 bits per heavy atom. The second kappa shape index (κ2) is 6.13. The Labute approximate surface area is 124 Å². The highest BCUT2D eigenvalue weighted by Crippen LogP contribution is 2.29. The molecule has 2 aliphatic rings. The first-order chi connectivity index (χ1) is 9.95. The minimum atomic E-state index is -1.13. The van der Waals surface area contributed by atoms with Gasteiger partial charge in [0.2, 0.25) is 11.8 Å². The van der Waals surface area contributed by atoms with Crippen molar-refractivity contribution in [2.24, 2.45) is 0 Å². The van der Waals surface area contributed by atoms with Crippen LogP contribution in [-0.4, -0.2) is 45.4 Å². The van der Waals surface area contributed by atoms with Crippen LogP contribution in [0.1, 0.15) is 58.8 Å². The van der Waals surface area contributed by atoms with Crippen LogP contribution in [0.2, 0.25) is 0 Å². The van der Waals surface area contributed by atoms with Crippen LogP contribution >= 0.6 is 0 Å². The van der Waals surface area contributed by atoms with Crippen molar-refractivity contribution in [3.05, 3.63) is 0 Å². The zero-order valence-corrected chi connectivity index (χ0v) is 12.7. The lowest BCUT2D eigenvalue weighted by atomic mass is 9.91. The van der Waals surface area contributed by atoms with Gasteiger partial charge in [0.15, 0.2) is 0 Å². The van der Waals surface area contributed by atoms with Crippen LogP contribution in [0.15, 0.2) is 0 Å². The molecule has 0 aromatic heterocycles. The van der Waals surface area contributed by atoms with Gasteiger partial charge in [-0.25, -0.2) is 0 Å². The van der Waals surface area contributed by atoms with E-state index in [4.69, 9.17) is 0 Å². The molecular weight excluding hydrogens is 272 g/mol. The van der Waals surface area contributed by atoms with Gasteiger partial charge < -0.3 is 5.11 Å². The third kappa shape index (κ3) is 2.81. The Hall–Kier alpha value is -1.43. The molecule has 1 aliphatic heterocycles. The predicted octanol–water partition coefficient (Wildman–Crippen LogP) is 1.29. The van der Waals surface area contributed by atoms with Gasteiger partial charge in [0.25, 0.3) is 0 Å². The van der Waals surface area contributed by atoms with Crippen molar-refractivity contribution in [3.63, 3.8) is 0 Å². The number of rotatable bonds is 6. The molecular formula is C15H24N2O4. The van der Waals surface area contributed by atoms with Crippen LogP contribution in [0, 0.1) is 0 Å². The van der Waals surface area contributed by atoms with E-state index in [1.807, 2.05) is 0 Å². The maximum Gasteiger partial charge on any atom is 0.323 e. The highest BCUT2D eigenvalue weighted by molar-refractivity contribution is 6.06. The molecule has 1 aliphatic carbocycles. The van der Waals surface area contributed by atoms with Gasteiger partial charge in [-0.1, -0.05) is 26.7 Å². The summed E-state index contributed by atoms with van der Waals surface area (Å²) in [6.45, 7) is 3.56. The van der Waals surface area contributed by atoms with E-state index >= 15 is 0 Å². The first-order valence-corrected chi connectivity index (χ1v) is 7.82. The third-order valence-corrected chi connectivity index (χ3v) is 4.94. The molecule has 2 N–H and O–H groups in total. The van der Waals surface area contributed by atoms with E-state index in [0.717, 1.165) is 25.7 Å². The lowest BCUT2D eigenvalue weighted by Crippen LogP contribution is -2.57. The van der Waals surface area contributed by atoms with E-state index in [-0.39, 0.29) is 24.3 Å². The van der Waals surface area contributed by atoms with Gasteiger partial charge in [-0.05, 0) is 25.7 Å². The molecule has 2 rings (SSSR count). The molecule has 0 aromatic rings. The quantitative estimate of drug-likeness (QED) is 0.721. The smallest absolute Gasteiger partial charge is 0.323 e. The Balaban J connectivity index is 2.13. The summed E-state index contributed by atoms with van der Waals surface area (Å²) < 4.78 is 0. The number of hydrogen-bond donors (Lipinski definition) is 2. The summed E-state index contributed by atoms with van der Waals surface area (Å²) in [5, 5.41) is 12.4. The van der Waals surface area contributed by atoms with Gasteiger partial charge >= 0.3 is 5.97 Å². The summed E-state index contributed by atoms with van der Waals surface area (Å²) in [5.41, 5.74) is -1.13. The first-order valence-electron chi connectivity index (χ1n) is 7.82. The summed E-state index contributed by atoms with van der Waals surface area (Å²) in [6, 6.07) is -0.687. The second-order valence-corrected chi connectivity index (χ2v) is 6.04. The van der Waals surface area contributed by atoms with E-state index in [0.29, 0.717) is 12.8 Å². The molecule has 118 valence electrons.